The quantitative estimate of drug-likeness (QED) is 0.861. The monoisotopic (exact) mass is 312 g/mol. The summed E-state index contributed by atoms with van der Waals surface area (Å²) in [5.74, 6) is 0.279. The van der Waals surface area contributed by atoms with E-state index in [-0.39, 0.29) is 11.8 Å². The summed E-state index contributed by atoms with van der Waals surface area (Å²) in [6.07, 6.45) is 6.68. The number of carbonyl (C=O) groups is 2. The lowest BCUT2D eigenvalue weighted by Crippen LogP contribution is -2.36. The van der Waals surface area contributed by atoms with Crippen molar-refractivity contribution in [3.63, 3.8) is 0 Å². The maximum Gasteiger partial charge on any atom is 0.249 e. The topological polar surface area (TPSA) is 40.6 Å². The van der Waals surface area contributed by atoms with Crippen LogP contribution in [0.2, 0.25) is 0 Å². The number of carbonyl (C=O) groups excluding carboxylic acids is 2. The summed E-state index contributed by atoms with van der Waals surface area (Å²) in [5, 5.41) is 0. The molecule has 122 valence electrons. The third-order valence-electron chi connectivity index (χ3n) is 4.66. The molecule has 4 heteroatoms. The number of rotatable bonds is 3. The van der Waals surface area contributed by atoms with E-state index < -0.39 is 0 Å². The lowest BCUT2D eigenvalue weighted by atomic mass is 9.98. The average molecular weight is 312 g/mol. The van der Waals surface area contributed by atoms with Gasteiger partial charge in [0, 0.05) is 38.2 Å². The van der Waals surface area contributed by atoms with Gasteiger partial charge in [-0.3, -0.25) is 9.59 Å². The third kappa shape index (κ3) is 4.01. The molecular formula is C19H24N2O2. The van der Waals surface area contributed by atoms with Crippen molar-refractivity contribution < 1.29 is 9.59 Å². The summed E-state index contributed by atoms with van der Waals surface area (Å²) in [6.45, 7) is 2.42. The summed E-state index contributed by atoms with van der Waals surface area (Å²) >= 11 is 0. The largest absolute Gasteiger partial charge is 0.337 e. The van der Waals surface area contributed by atoms with Crippen LogP contribution in [0, 0.1) is 0 Å². The zero-order valence-corrected chi connectivity index (χ0v) is 13.5. The fourth-order valence-corrected chi connectivity index (χ4v) is 3.28. The second kappa shape index (κ2) is 7.44. The Morgan fingerprint density at radius 2 is 1.83 bits per heavy atom. The SMILES string of the molecule is O=C1CCN(C(=O)C2=CCCCC2)CCN1Cc1ccccc1. The average Bonchev–Trinajstić information content (AvgIpc) is 2.78. The molecule has 1 heterocycles. The maximum absolute atomic E-state index is 12.6. The minimum atomic E-state index is 0.138. The molecule has 0 aromatic heterocycles. The van der Waals surface area contributed by atoms with Gasteiger partial charge in [0.05, 0.1) is 0 Å². The van der Waals surface area contributed by atoms with Crippen LogP contribution in [-0.4, -0.2) is 41.2 Å². The molecule has 0 atom stereocenters. The standard InChI is InChI=1S/C19H24N2O2/c22-18-11-12-20(19(23)17-9-5-2-6-10-17)13-14-21(18)15-16-7-3-1-4-8-16/h1,3-4,7-9H,2,5-6,10-15H2. The smallest absolute Gasteiger partial charge is 0.249 e. The van der Waals surface area contributed by atoms with Crippen LogP contribution in [0.1, 0.15) is 37.7 Å². The molecule has 0 bridgehead atoms. The Bertz CT molecular complexity index is 595. The number of allylic oxidation sites excluding steroid dienone is 1. The predicted octanol–water partition coefficient (Wildman–Crippen LogP) is 2.75. The number of amides is 2. The molecule has 1 aromatic rings. The molecule has 23 heavy (non-hydrogen) atoms. The van der Waals surface area contributed by atoms with Crippen LogP contribution in [0.4, 0.5) is 0 Å². The van der Waals surface area contributed by atoms with E-state index in [1.54, 1.807) is 0 Å². The minimum absolute atomic E-state index is 0.138. The first-order valence-corrected chi connectivity index (χ1v) is 8.54. The molecule has 0 radical (unpaired) electrons. The molecule has 2 amide bonds. The van der Waals surface area contributed by atoms with Crippen molar-refractivity contribution in [2.75, 3.05) is 19.6 Å². The fraction of sp³-hybridized carbons (Fsp3) is 0.474. The van der Waals surface area contributed by atoms with Gasteiger partial charge < -0.3 is 9.80 Å². The Kier molecular flexibility index (Phi) is 5.11. The van der Waals surface area contributed by atoms with E-state index in [0.717, 1.165) is 30.4 Å². The first kappa shape index (κ1) is 15.8. The van der Waals surface area contributed by atoms with Gasteiger partial charge in [-0.05, 0) is 31.2 Å². The van der Waals surface area contributed by atoms with Gasteiger partial charge >= 0.3 is 0 Å². The molecule has 4 nitrogen and oxygen atoms in total. The second-order valence-electron chi connectivity index (χ2n) is 6.32. The van der Waals surface area contributed by atoms with Crippen LogP contribution in [0.25, 0.3) is 0 Å². The Hall–Kier alpha value is -2.10. The van der Waals surface area contributed by atoms with Gasteiger partial charge in [0.15, 0.2) is 0 Å². The van der Waals surface area contributed by atoms with E-state index >= 15 is 0 Å². The molecular weight excluding hydrogens is 288 g/mol. The first-order valence-electron chi connectivity index (χ1n) is 8.54. The van der Waals surface area contributed by atoms with Gasteiger partial charge in [-0.25, -0.2) is 0 Å². The summed E-state index contributed by atoms with van der Waals surface area (Å²) in [4.78, 5) is 28.7. The Morgan fingerprint density at radius 3 is 2.57 bits per heavy atom. The Labute approximate surface area is 137 Å². The molecule has 1 aliphatic heterocycles. The van der Waals surface area contributed by atoms with E-state index in [1.165, 1.54) is 6.42 Å². The normalized spacial score (nSPS) is 19.3. The molecule has 0 N–H and O–H groups in total. The molecule has 0 unspecified atom stereocenters. The molecule has 0 spiro atoms. The van der Waals surface area contributed by atoms with Gasteiger partial charge in [-0.1, -0.05) is 36.4 Å². The Morgan fingerprint density at radius 1 is 1.00 bits per heavy atom. The number of hydrogen-bond donors (Lipinski definition) is 0. The molecule has 1 saturated heterocycles. The lowest BCUT2D eigenvalue weighted by molar-refractivity contribution is -0.130. The molecule has 2 aliphatic rings. The highest BCUT2D eigenvalue weighted by molar-refractivity contribution is 5.94. The van der Waals surface area contributed by atoms with E-state index in [4.69, 9.17) is 0 Å². The zero-order valence-electron chi connectivity index (χ0n) is 13.5. The summed E-state index contributed by atoms with van der Waals surface area (Å²) in [6, 6.07) is 10.0. The van der Waals surface area contributed by atoms with Crippen LogP contribution in [0.15, 0.2) is 42.0 Å². The lowest BCUT2D eigenvalue weighted by Gasteiger charge is -2.24. The molecule has 3 rings (SSSR count). The van der Waals surface area contributed by atoms with Crippen molar-refractivity contribution in [3.8, 4) is 0 Å². The highest BCUT2D eigenvalue weighted by Crippen LogP contribution is 2.20. The molecule has 1 aliphatic carbocycles. The van der Waals surface area contributed by atoms with E-state index in [0.29, 0.717) is 32.6 Å². The summed E-state index contributed by atoms with van der Waals surface area (Å²) in [5.41, 5.74) is 2.08. The number of hydrogen-bond acceptors (Lipinski definition) is 2. The Balaban J connectivity index is 1.62. The van der Waals surface area contributed by atoms with Gasteiger partial charge in [0.2, 0.25) is 11.8 Å². The van der Waals surface area contributed by atoms with Crippen LogP contribution in [-0.2, 0) is 16.1 Å². The van der Waals surface area contributed by atoms with Crippen molar-refractivity contribution >= 4 is 11.8 Å². The maximum atomic E-state index is 12.6. The van der Waals surface area contributed by atoms with E-state index in [2.05, 4.69) is 6.08 Å². The second-order valence-corrected chi connectivity index (χ2v) is 6.32. The fourth-order valence-electron chi connectivity index (χ4n) is 3.28. The minimum Gasteiger partial charge on any atom is -0.337 e. The van der Waals surface area contributed by atoms with Gasteiger partial charge in [0.1, 0.15) is 0 Å². The van der Waals surface area contributed by atoms with E-state index in [9.17, 15) is 9.59 Å². The van der Waals surface area contributed by atoms with Gasteiger partial charge in [-0.15, -0.1) is 0 Å². The molecule has 0 saturated carbocycles. The zero-order chi connectivity index (χ0) is 16.1. The van der Waals surface area contributed by atoms with Crippen LogP contribution in [0.3, 0.4) is 0 Å². The van der Waals surface area contributed by atoms with Gasteiger partial charge in [0.25, 0.3) is 0 Å². The highest BCUT2D eigenvalue weighted by atomic mass is 16.2. The van der Waals surface area contributed by atoms with Crippen LogP contribution < -0.4 is 0 Å². The van der Waals surface area contributed by atoms with Crippen molar-refractivity contribution in [2.45, 2.75) is 38.6 Å². The molecule has 1 aromatic carbocycles. The predicted molar refractivity (Wildman–Crippen MR) is 89.6 cm³/mol. The van der Waals surface area contributed by atoms with E-state index in [1.807, 2.05) is 40.1 Å². The summed E-state index contributed by atoms with van der Waals surface area (Å²) < 4.78 is 0. The number of nitrogens with zero attached hydrogens (tertiary/aromatic N) is 2. The van der Waals surface area contributed by atoms with Crippen molar-refractivity contribution in [3.05, 3.63) is 47.5 Å². The highest BCUT2D eigenvalue weighted by Gasteiger charge is 2.25. The van der Waals surface area contributed by atoms with Crippen molar-refractivity contribution in [2.24, 2.45) is 0 Å². The van der Waals surface area contributed by atoms with Crippen LogP contribution in [0.5, 0.6) is 0 Å². The third-order valence-corrected chi connectivity index (χ3v) is 4.66. The van der Waals surface area contributed by atoms with Gasteiger partial charge in [-0.2, -0.15) is 0 Å². The molecule has 1 fully saturated rings. The summed E-state index contributed by atoms with van der Waals surface area (Å²) in [7, 11) is 0. The van der Waals surface area contributed by atoms with Crippen molar-refractivity contribution in [1.29, 1.82) is 0 Å². The van der Waals surface area contributed by atoms with Crippen LogP contribution >= 0.6 is 0 Å². The van der Waals surface area contributed by atoms with Crippen molar-refractivity contribution in [1.82, 2.24) is 9.80 Å². The first-order chi connectivity index (χ1) is 11.2. The number of benzene rings is 1.